The van der Waals surface area contributed by atoms with Crippen LogP contribution in [0.3, 0.4) is 0 Å². The molecule has 23 heavy (non-hydrogen) atoms. The van der Waals surface area contributed by atoms with Crippen LogP contribution in [0.5, 0.6) is 11.5 Å². The summed E-state index contributed by atoms with van der Waals surface area (Å²) in [7, 11) is 0. The van der Waals surface area contributed by atoms with E-state index in [1.807, 2.05) is 54.6 Å². The number of benzene rings is 2. The minimum absolute atomic E-state index is 0.218. The molecule has 1 N–H and O–H groups in total. The molecule has 0 saturated carbocycles. The number of aldehydes is 1. The molecule has 2 rings (SSSR count). The Morgan fingerprint density at radius 2 is 1.65 bits per heavy atom. The van der Waals surface area contributed by atoms with Gasteiger partial charge in [0.05, 0.1) is 0 Å². The maximum atomic E-state index is 11.1. The quantitative estimate of drug-likeness (QED) is 0.756. The summed E-state index contributed by atoms with van der Waals surface area (Å²) in [6.45, 7) is 0.593. The van der Waals surface area contributed by atoms with Crippen molar-refractivity contribution in [1.29, 1.82) is 0 Å². The van der Waals surface area contributed by atoms with Gasteiger partial charge < -0.3 is 19.5 Å². The fourth-order valence-electron chi connectivity index (χ4n) is 2.12. The first kappa shape index (κ1) is 16.5. The zero-order valence-electron chi connectivity index (χ0n) is 12.7. The van der Waals surface area contributed by atoms with Crippen molar-refractivity contribution in [2.75, 3.05) is 13.1 Å². The largest absolute Gasteiger partial charge is 0.465 e. The van der Waals surface area contributed by atoms with E-state index in [1.165, 1.54) is 4.90 Å². The molecule has 0 bridgehead atoms. The lowest BCUT2D eigenvalue weighted by molar-refractivity contribution is -0.108. The maximum absolute atomic E-state index is 11.1. The fraction of sp³-hybridized carbons (Fsp3) is 0.222. The molecular formula is C18H19NO4. The van der Waals surface area contributed by atoms with Crippen LogP contribution >= 0.6 is 0 Å². The SMILES string of the molecule is O=CCCN(CCc1ccc(Oc2ccccc2)cc1)C(=O)O. The maximum Gasteiger partial charge on any atom is 0.407 e. The van der Waals surface area contributed by atoms with Crippen molar-refractivity contribution in [2.24, 2.45) is 0 Å². The summed E-state index contributed by atoms with van der Waals surface area (Å²) in [5.41, 5.74) is 1.02. The molecule has 0 aromatic heterocycles. The van der Waals surface area contributed by atoms with E-state index < -0.39 is 6.09 Å². The van der Waals surface area contributed by atoms with Gasteiger partial charge in [0.15, 0.2) is 0 Å². The Labute approximate surface area is 135 Å². The van der Waals surface area contributed by atoms with Gasteiger partial charge >= 0.3 is 6.09 Å². The summed E-state index contributed by atoms with van der Waals surface area (Å²) in [5, 5.41) is 9.08. The van der Waals surface area contributed by atoms with Crippen LogP contribution in [-0.4, -0.2) is 35.5 Å². The first-order valence-corrected chi connectivity index (χ1v) is 7.42. The molecule has 5 nitrogen and oxygen atoms in total. The molecule has 0 fully saturated rings. The third-order valence-corrected chi connectivity index (χ3v) is 3.36. The Morgan fingerprint density at radius 1 is 1.00 bits per heavy atom. The Kier molecular flexibility index (Phi) is 6.17. The highest BCUT2D eigenvalue weighted by Crippen LogP contribution is 2.21. The summed E-state index contributed by atoms with van der Waals surface area (Å²) in [5.74, 6) is 1.50. The highest BCUT2D eigenvalue weighted by molar-refractivity contribution is 5.65. The predicted molar refractivity (Wildman–Crippen MR) is 86.9 cm³/mol. The first-order chi connectivity index (χ1) is 11.2. The van der Waals surface area contributed by atoms with Crippen molar-refractivity contribution in [2.45, 2.75) is 12.8 Å². The molecule has 120 valence electrons. The number of rotatable bonds is 8. The van der Waals surface area contributed by atoms with Crippen molar-refractivity contribution >= 4 is 12.4 Å². The summed E-state index contributed by atoms with van der Waals surface area (Å²) in [6, 6.07) is 17.0. The average Bonchev–Trinajstić information content (AvgIpc) is 2.57. The van der Waals surface area contributed by atoms with Crippen molar-refractivity contribution in [3.05, 3.63) is 60.2 Å². The summed E-state index contributed by atoms with van der Waals surface area (Å²) in [6.07, 6.45) is 0.536. The second-order valence-corrected chi connectivity index (χ2v) is 5.03. The monoisotopic (exact) mass is 313 g/mol. The summed E-state index contributed by atoms with van der Waals surface area (Å²) < 4.78 is 5.71. The van der Waals surface area contributed by atoms with Crippen LogP contribution in [0.4, 0.5) is 4.79 Å². The van der Waals surface area contributed by atoms with Crippen molar-refractivity contribution in [3.8, 4) is 11.5 Å². The molecule has 0 spiro atoms. The van der Waals surface area contributed by atoms with Crippen LogP contribution in [0.2, 0.25) is 0 Å². The van der Waals surface area contributed by atoms with Gasteiger partial charge in [-0.05, 0) is 36.2 Å². The highest BCUT2D eigenvalue weighted by atomic mass is 16.5. The number of para-hydroxylation sites is 1. The number of carboxylic acid groups (broad SMARTS) is 1. The third-order valence-electron chi connectivity index (χ3n) is 3.36. The number of carbonyl (C=O) groups is 2. The summed E-state index contributed by atoms with van der Waals surface area (Å²) >= 11 is 0. The van der Waals surface area contributed by atoms with Crippen LogP contribution in [-0.2, 0) is 11.2 Å². The van der Waals surface area contributed by atoms with Gasteiger partial charge in [0.1, 0.15) is 17.8 Å². The lowest BCUT2D eigenvalue weighted by Crippen LogP contribution is -2.32. The van der Waals surface area contributed by atoms with Crippen LogP contribution in [0.25, 0.3) is 0 Å². The Morgan fingerprint density at radius 3 is 2.26 bits per heavy atom. The van der Waals surface area contributed by atoms with E-state index in [4.69, 9.17) is 9.84 Å². The van der Waals surface area contributed by atoms with Crippen LogP contribution in [0, 0.1) is 0 Å². The Hall–Kier alpha value is -2.82. The van der Waals surface area contributed by atoms with Crippen LogP contribution < -0.4 is 4.74 Å². The molecule has 0 heterocycles. The lowest BCUT2D eigenvalue weighted by atomic mass is 10.1. The summed E-state index contributed by atoms with van der Waals surface area (Å²) in [4.78, 5) is 22.7. The molecule has 0 aliphatic rings. The molecule has 0 radical (unpaired) electrons. The van der Waals surface area contributed by atoms with Gasteiger partial charge in [0.25, 0.3) is 0 Å². The number of amides is 1. The predicted octanol–water partition coefficient (Wildman–Crippen LogP) is 3.59. The number of hydrogen-bond donors (Lipinski definition) is 1. The van der Waals surface area contributed by atoms with Crippen molar-refractivity contribution in [3.63, 3.8) is 0 Å². The molecule has 0 saturated heterocycles. The van der Waals surface area contributed by atoms with Crippen molar-refractivity contribution in [1.82, 2.24) is 4.90 Å². The molecule has 2 aromatic carbocycles. The van der Waals surface area contributed by atoms with E-state index in [0.717, 1.165) is 23.3 Å². The fourth-order valence-corrected chi connectivity index (χ4v) is 2.12. The molecule has 1 amide bonds. The molecule has 0 aliphatic heterocycles. The highest BCUT2D eigenvalue weighted by Gasteiger charge is 2.10. The molecule has 0 unspecified atom stereocenters. The van der Waals surface area contributed by atoms with Gasteiger partial charge in [-0.15, -0.1) is 0 Å². The molecule has 0 atom stereocenters. The zero-order chi connectivity index (χ0) is 16.5. The lowest BCUT2D eigenvalue weighted by Gasteiger charge is -2.17. The average molecular weight is 313 g/mol. The van der Waals surface area contributed by atoms with Gasteiger partial charge in [0.2, 0.25) is 0 Å². The number of ether oxygens (including phenoxy) is 1. The first-order valence-electron chi connectivity index (χ1n) is 7.42. The van der Waals surface area contributed by atoms with E-state index in [1.54, 1.807) is 0 Å². The van der Waals surface area contributed by atoms with Crippen molar-refractivity contribution < 1.29 is 19.4 Å². The topological polar surface area (TPSA) is 66.8 Å². The van der Waals surface area contributed by atoms with Crippen LogP contribution in [0.1, 0.15) is 12.0 Å². The van der Waals surface area contributed by atoms with E-state index in [2.05, 4.69) is 0 Å². The smallest absolute Gasteiger partial charge is 0.407 e. The number of hydrogen-bond acceptors (Lipinski definition) is 3. The van der Waals surface area contributed by atoms with E-state index in [-0.39, 0.29) is 13.0 Å². The van der Waals surface area contributed by atoms with Crippen LogP contribution in [0.15, 0.2) is 54.6 Å². The van der Waals surface area contributed by atoms with Gasteiger partial charge in [-0.1, -0.05) is 30.3 Å². The number of nitrogens with zero attached hydrogens (tertiary/aromatic N) is 1. The van der Waals surface area contributed by atoms with Gasteiger partial charge in [0, 0.05) is 19.5 Å². The standard InChI is InChI=1S/C18H19NO4/c20-14-4-12-19(18(21)22)13-11-15-7-9-17(10-8-15)23-16-5-2-1-3-6-16/h1-3,5-10,14H,4,11-13H2,(H,21,22). The normalized spacial score (nSPS) is 10.1. The minimum Gasteiger partial charge on any atom is -0.465 e. The molecular weight excluding hydrogens is 294 g/mol. The second kappa shape index (κ2) is 8.58. The Bertz CT molecular complexity index is 625. The molecule has 5 heteroatoms. The van der Waals surface area contributed by atoms with Gasteiger partial charge in [-0.3, -0.25) is 0 Å². The third kappa shape index (κ3) is 5.47. The van der Waals surface area contributed by atoms with Gasteiger partial charge in [-0.2, -0.15) is 0 Å². The van der Waals surface area contributed by atoms with E-state index >= 15 is 0 Å². The second-order valence-electron chi connectivity index (χ2n) is 5.03. The molecule has 2 aromatic rings. The minimum atomic E-state index is -1.00. The Balaban J connectivity index is 1.89. The number of carbonyl (C=O) groups excluding carboxylic acids is 1. The zero-order valence-corrected chi connectivity index (χ0v) is 12.7. The molecule has 0 aliphatic carbocycles. The van der Waals surface area contributed by atoms with E-state index in [0.29, 0.717) is 13.0 Å². The van der Waals surface area contributed by atoms with Gasteiger partial charge in [-0.25, -0.2) is 4.79 Å². The van der Waals surface area contributed by atoms with E-state index in [9.17, 15) is 9.59 Å².